The van der Waals surface area contributed by atoms with Gasteiger partial charge in [0.15, 0.2) is 11.6 Å². The molecule has 0 bridgehead atoms. The molecule has 0 spiro atoms. The van der Waals surface area contributed by atoms with E-state index in [1.165, 1.54) is 55.5 Å². The zero-order valence-corrected chi connectivity index (χ0v) is 21.4. The van der Waals surface area contributed by atoms with Gasteiger partial charge in [0.1, 0.15) is 17.4 Å². The van der Waals surface area contributed by atoms with E-state index in [1.807, 2.05) is 27.7 Å². The van der Waals surface area contributed by atoms with Gasteiger partial charge >= 0.3 is 5.97 Å². The minimum atomic E-state index is -0.384. The molecular weight excluding hydrogens is 454 g/mol. The predicted molar refractivity (Wildman–Crippen MR) is 132 cm³/mol. The van der Waals surface area contributed by atoms with Gasteiger partial charge in [0.25, 0.3) is 0 Å². The summed E-state index contributed by atoms with van der Waals surface area (Å²) in [5, 5.41) is 0. The van der Waals surface area contributed by atoms with E-state index in [-0.39, 0.29) is 53.2 Å². The van der Waals surface area contributed by atoms with E-state index in [0.717, 1.165) is 12.8 Å². The molecule has 2 atom stereocenters. The number of ether oxygens (including phenoxy) is 1. The van der Waals surface area contributed by atoms with Crippen LogP contribution in [0.1, 0.15) is 81.5 Å². The second-order valence-electron chi connectivity index (χ2n) is 8.01. The third-order valence-electron chi connectivity index (χ3n) is 5.22. The van der Waals surface area contributed by atoms with Gasteiger partial charge in [0, 0.05) is 17.0 Å². The van der Waals surface area contributed by atoms with Gasteiger partial charge in [0.05, 0.1) is 18.9 Å². The Hall–Kier alpha value is -3.22. The minimum absolute atomic E-state index is 0.0417. The van der Waals surface area contributed by atoms with Crippen molar-refractivity contribution in [1.29, 1.82) is 0 Å². The molecule has 2 unspecified atom stereocenters. The third-order valence-corrected chi connectivity index (χ3v) is 5.22. The fourth-order valence-corrected chi connectivity index (χ4v) is 2.43. The number of ketones is 3. The summed E-state index contributed by atoms with van der Waals surface area (Å²) < 4.78 is 29.6. The average molecular weight is 491 g/mol. The molecule has 0 fully saturated rings. The van der Waals surface area contributed by atoms with Gasteiger partial charge in [0.2, 0.25) is 0 Å². The van der Waals surface area contributed by atoms with Crippen molar-refractivity contribution in [3.05, 3.63) is 71.3 Å². The molecule has 0 aliphatic heterocycles. The minimum Gasteiger partial charge on any atom is -0.466 e. The molecule has 0 saturated heterocycles. The van der Waals surface area contributed by atoms with Crippen molar-refractivity contribution in [3.63, 3.8) is 0 Å². The number of carbonyl (C=O) groups excluding carboxylic acids is 4. The maximum atomic E-state index is 12.6. The van der Waals surface area contributed by atoms with Crippen molar-refractivity contribution in [2.45, 2.75) is 60.8 Å². The largest absolute Gasteiger partial charge is 0.466 e. The summed E-state index contributed by atoms with van der Waals surface area (Å²) in [7, 11) is 0. The number of benzene rings is 2. The Morgan fingerprint density at radius 2 is 1.17 bits per heavy atom. The van der Waals surface area contributed by atoms with Crippen LogP contribution in [-0.2, 0) is 14.3 Å². The summed E-state index contributed by atoms with van der Waals surface area (Å²) in [4.78, 5) is 44.6. The number of hydrogen-bond donors (Lipinski definition) is 0. The molecule has 192 valence electrons. The molecule has 0 saturated carbocycles. The summed E-state index contributed by atoms with van der Waals surface area (Å²) in [5.41, 5.74) is 0.930. The molecular formula is C28H36F2O5. The van der Waals surface area contributed by atoms with Crippen molar-refractivity contribution in [1.82, 2.24) is 0 Å². The molecule has 0 amide bonds. The fraction of sp³-hybridized carbons (Fsp3) is 0.429. The number of Topliss-reactive ketones (excluding diaryl/α,β-unsaturated/α-hetero) is 3. The molecule has 0 aliphatic carbocycles. The quantitative estimate of drug-likeness (QED) is 0.224. The van der Waals surface area contributed by atoms with Crippen molar-refractivity contribution < 1.29 is 32.7 Å². The first-order valence-electron chi connectivity index (χ1n) is 11.7. The highest BCUT2D eigenvalue weighted by molar-refractivity contribution is 6.08. The number of hydrogen-bond acceptors (Lipinski definition) is 5. The standard InChI is InChI=1S/C13H15FO2.C8H7FO.C7H14O2/c1-3-9(2)12(15)8-13(16)10-4-6-11(14)7-5-10;1-6(10)7-2-4-8(9)5-3-7;1-4-6(3)7(8)9-5-2/h4-7,9H,3,8H2,1-2H3;2-5H,1H3;6H,4-5H2,1-3H3. The maximum Gasteiger partial charge on any atom is 0.308 e. The van der Waals surface area contributed by atoms with E-state index >= 15 is 0 Å². The smallest absolute Gasteiger partial charge is 0.308 e. The summed E-state index contributed by atoms with van der Waals surface area (Å²) >= 11 is 0. The summed E-state index contributed by atoms with van der Waals surface area (Å²) in [6.07, 6.45) is 1.50. The van der Waals surface area contributed by atoms with Crippen LogP contribution in [0.3, 0.4) is 0 Å². The van der Waals surface area contributed by atoms with Gasteiger partial charge in [-0.05, 0) is 75.2 Å². The summed E-state index contributed by atoms with van der Waals surface area (Å²) in [5.74, 6) is -1.16. The van der Waals surface area contributed by atoms with Crippen LogP contribution in [0, 0.1) is 23.5 Å². The van der Waals surface area contributed by atoms with Gasteiger partial charge in [-0.25, -0.2) is 8.78 Å². The van der Waals surface area contributed by atoms with Crippen LogP contribution in [0.25, 0.3) is 0 Å². The van der Waals surface area contributed by atoms with E-state index in [9.17, 15) is 28.0 Å². The van der Waals surface area contributed by atoms with E-state index in [0.29, 0.717) is 17.7 Å². The van der Waals surface area contributed by atoms with E-state index in [2.05, 4.69) is 0 Å². The SMILES string of the molecule is CC(=O)c1ccc(F)cc1.CCC(C)C(=O)CC(=O)c1ccc(F)cc1.CCOC(=O)C(C)CC. The van der Waals surface area contributed by atoms with Crippen LogP contribution < -0.4 is 0 Å². The highest BCUT2D eigenvalue weighted by Crippen LogP contribution is 2.11. The number of halogens is 2. The first kappa shape index (κ1) is 31.8. The van der Waals surface area contributed by atoms with Crippen LogP contribution in [-0.4, -0.2) is 29.9 Å². The van der Waals surface area contributed by atoms with Crippen molar-refractivity contribution in [2.75, 3.05) is 6.61 Å². The normalized spacial score (nSPS) is 11.5. The summed E-state index contributed by atoms with van der Waals surface area (Å²) in [6.45, 7) is 11.3. The lowest BCUT2D eigenvalue weighted by Gasteiger charge is -2.06. The molecule has 2 rings (SSSR count). The average Bonchev–Trinajstić information content (AvgIpc) is 2.84. The lowest BCUT2D eigenvalue weighted by molar-refractivity contribution is -0.147. The molecule has 2 aromatic carbocycles. The Bertz CT molecular complexity index is 937. The van der Waals surface area contributed by atoms with Gasteiger partial charge in [-0.2, -0.15) is 0 Å². The van der Waals surface area contributed by atoms with Crippen LogP contribution >= 0.6 is 0 Å². The molecule has 2 aromatic rings. The Morgan fingerprint density at radius 1 is 0.743 bits per heavy atom. The van der Waals surface area contributed by atoms with E-state index in [4.69, 9.17) is 4.74 Å². The first-order valence-corrected chi connectivity index (χ1v) is 11.7. The number of esters is 1. The van der Waals surface area contributed by atoms with Crippen molar-refractivity contribution in [3.8, 4) is 0 Å². The van der Waals surface area contributed by atoms with E-state index < -0.39 is 0 Å². The molecule has 0 aliphatic rings. The summed E-state index contributed by atoms with van der Waals surface area (Å²) in [6, 6.07) is 10.7. The third kappa shape index (κ3) is 13.3. The zero-order valence-electron chi connectivity index (χ0n) is 21.4. The Morgan fingerprint density at radius 3 is 1.54 bits per heavy atom. The molecule has 0 aromatic heterocycles. The van der Waals surface area contributed by atoms with Crippen molar-refractivity contribution in [2.24, 2.45) is 11.8 Å². The number of rotatable bonds is 9. The lowest BCUT2D eigenvalue weighted by atomic mass is 9.97. The van der Waals surface area contributed by atoms with Crippen molar-refractivity contribution >= 4 is 23.3 Å². The molecule has 5 nitrogen and oxygen atoms in total. The second kappa shape index (κ2) is 17.2. The highest BCUT2D eigenvalue weighted by Gasteiger charge is 2.16. The van der Waals surface area contributed by atoms with E-state index in [1.54, 1.807) is 6.92 Å². The lowest BCUT2D eigenvalue weighted by Crippen LogP contribution is -2.15. The molecule has 0 N–H and O–H groups in total. The molecule has 0 heterocycles. The molecule has 7 heteroatoms. The highest BCUT2D eigenvalue weighted by atomic mass is 19.1. The Kier molecular flexibility index (Phi) is 15.7. The fourth-order valence-electron chi connectivity index (χ4n) is 2.43. The Balaban J connectivity index is 0.000000527. The Labute approximate surface area is 206 Å². The van der Waals surface area contributed by atoms with Gasteiger partial charge in [-0.3, -0.25) is 19.2 Å². The first-order chi connectivity index (χ1) is 16.5. The van der Waals surface area contributed by atoms with Gasteiger partial charge < -0.3 is 4.74 Å². The predicted octanol–water partition coefficient (Wildman–Crippen LogP) is 6.64. The van der Waals surface area contributed by atoms with Crippen LogP contribution in [0.5, 0.6) is 0 Å². The zero-order chi connectivity index (χ0) is 27.0. The van der Waals surface area contributed by atoms with Gasteiger partial charge in [-0.1, -0.05) is 27.7 Å². The van der Waals surface area contributed by atoms with Crippen LogP contribution in [0.2, 0.25) is 0 Å². The topological polar surface area (TPSA) is 77.5 Å². The van der Waals surface area contributed by atoms with Crippen LogP contribution in [0.15, 0.2) is 48.5 Å². The molecule has 35 heavy (non-hydrogen) atoms. The van der Waals surface area contributed by atoms with Gasteiger partial charge in [-0.15, -0.1) is 0 Å². The van der Waals surface area contributed by atoms with Crippen LogP contribution in [0.4, 0.5) is 8.78 Å². The maximum absolute atomic E-state index is 12.6. The second-order valence-corrected chi connectivity index (χ2v) is 8.01. The monoisotopic (exact) mass is 490 g/mol. The molecule has 0 radical (unpaired) electrons. The number of carbonyl (C=O) groups is 4.